The normalized spacial score (nSPS) is 12.6. The second-order valence-electron chi connectivity index (χ2n) is 2.58. The van der Waals surface area contributed by atoms with Crippen molar-refractivity contribution in [1.29, 1.82) is 0 Å². The molecule has 3 heteroatoms. The molecule has 1 rings (SSSR count). The zero-order chi connectivity index (χ0) is 8.97. The smallest absolute Gasteiger partial charge is 0.123 e. The minimum Gasteiger partial charge on any atom is -0.496 e. The monoisotopic (exact) mass is 166 g/mol. The highest BCUT2D eigenvalue weighted by Crippen LogP contribution is 2.21. The number of hydrogen-bond acceptors (Lipinski definition) is 3. The van der Waals surface area contributed by atoms with Crippen molar-refractivity contribution in [3.8, 4) is 5.75 Å². The Morgan fingerprint density at radius 2 is 2.08 bits per heavy atom. The van der Waals surface area contributed by atoms with Crippen LogP contribution in [0.3, 0.4) is 0 Å². The summed E-state index contributed by atoms with van der Waals surface area (Å²) in [6, 6.07) is 7.50. The van der Waals surface area contributed by atoms with Crippen molar-refractivity contribution in [3.05, 3.63) is 29.8 Å². The summed E-state index contributed by atoms with van der Waals surface area (Å²) in [6.07, 6.45) is 0. The molecule has 3 nitrogen and oxygen atoms in total. The summed E-state index contributed by atoms with van der Waals surface area (Å²) in [6.45, 7) is 0.431. The van der Waals surface area contributed by atoms with E-state index >= 15 is 0 Å². The molecule has 1 aromatic carbocycles. The Balaban J connectivity index is 2.96. The molecule has 0 aliphatic carbocycles. The number of ether oxygens (including phenoxy) is 1. The molecule has 0 heterocycles. The van der Waals surface area contributed by atoms with Gasteiger partial charge >= 0.3 is 0 Å². The summed E-state index contributed by atoms with van der Waals surface area (Å²) in [4.78, 5) is 0. The van der Waals surface area contributed by atoms with Crippen molar-refractivity contribution in [3.63, 3.8) is 0 Å². The Labute approximate surface area is 72.3 Å². The Morgan fingerprint density at radius 1 is 1.42 bits per heavy atom. The van der Waals surface area contributed by atoms with Gasteiger partial charge in [-0.25, -0.2) is 0 Å². The summed E-state index contributed by atoms with van der Waals surface area (Å²) in [5.41, 5.74) is 12.2. The van der Waals surface area contributed by atoms with E-state index < -0.39 is 0 Å². The van der Waals surface area contributed by atoms with Crippen LogP contribution in [0.5, 0.6) is 5.75 Å². The topological polar surface area (TPSA) is 61.3 Å². The average molecular weight is 166 g/mol. The maximum absolute atomic E-state index is 5.77. The number of benzene rings is 1. The molecule has 0 saturated heterocycles. The SMILES string of the molecule is COc1ccccc1[C@H](N)CN. The third-order valence-electron chi connectivity index (χ3n) is 1.79. The van der Waals surface area contributed by atoms with Crippen LogP contribution in [0, 0.1) is 0 Å². The average Bonchev–Trinajstić information content (AvgIpc) is 2.16. The van der Waals surface area contributed by atoms with Crippen molar-refractivity contribution in [2.24, 2.45) is 11.5 Å². The van der Waals surface area contributed by atoms with Crippen molar-refractivity contribution in [2.75, 3.05) is 13.7 Å². The van der Waals surface area contributed by atoms with Crippen LogP contribution < -0.4 is 16.2 Å². The van der Waals surface area contributed by atoms with Gasteiger partial charge in [-0.1, -0.05) is 18.2 Å². The second-order valence-corrected chi connectivity index (χ2v) is 2.58. The van der Waals surface area contributed by atoms with E-state index in [0.29, 0.717) is 6.54 Å². The predicted octanol–water partition coefficient (Wildman–Crippen LogP) is 0.654. The van der Waals surface area contributed by atoms with E-state index in [0.717, 1.165) is 11.3 Å². The summed E-state index contributed by atoms with van der Waals surface area (Å²) in [7, 11) is 1.63. The van der Waals surface area contributed by atoms with Gasteiger partial charge in [-0.2, -0.15) is 0 Å². The lowest BCUT2D eigenvalue weighted by Gasteiger charge is -2.12. The van der Waals surface area contributed by atoms with Crippen molar-refractivity contribution < 1.29 is 4.74 Å². The lowest BCUT2D eigenvalue weighted by Crippen LogP contribution is -2.21. The van der Waals surface area contributed by atoms with E-state index in [2.05, 4.69) is 0 Å². The van der Waals surface area contributed by atoms with Crippen molar-refractivity contribution in [1.82, 2.24) is 0 Å². The van der Waals surface area contributed by atoms with Crippen LogP contribution in [-0.2, 0) is 0 Å². The van der Waals surface area contributed by atoms with Gasteiger partial charge in [0.15, 0.2) is 0 Å². The van der Waals surface area contributed by atoms with Crippen LogP contribution in [0.15, 0.2) is 24.3 Å². The molecule has 0 aromatic heterocycles. The van der Waals surface area contributed by atoms with Gasteiger partial charge in [0.2, 0.25) is 0 Å². The number of nitrogens with two attached hydrogens (primary N) is 2. The Morgan fingerprint density at radius 3 is 2.67 bits per heavy atom. The van der Waals surface area contributed by atoms with Gasteiger partial charge in [0, 0.05) is 18.2 Å². The zero-order valence-corrected chi connectivity index (χ0v) is 7.16. The number of methoxy groups -OCH3 is 1. The van der Waals surface area contributed by atoms with Crippen molar-refractivity contribution >= 4 is 0 Å². The third kappa shape index (κ3) is 1.75. The van der Waals surface area contributed by atoms with E-state index in [9.17, 15) is 0 Å². The van der Waals surface area contributed by atoms with Gasteiger partial charge < -0.3 is 16.2 Å². The first-order valence-corrected chi connectivity index (χ1v) is 3.88. The standard InChI is InChI=1S/C9H14N2O/c1-12-9-5-3-2-4-7(9)8(11)6-10/h2-5,8H,6,10-11H2,1H3/t8-/m1/s1. The van der Waals surface area contributed by atoms with Crippen LogP contribution in [0.1, 0.15) is 11.6 Å². The van der Waals surface area contributed by atoms with E-state index in [1.807, 2.05) is 24.3 Å². The fraction of sp³-hybridized carbons (Fsp3) is 0.333. The molecular formula is C9H14N2O. The molecule has 0 radical (unpaired) electrons. The second kappa shape index (κ2) is 4.09. The Bertz CT molecular complexity index is 250. The Hall–Kier alpha value is -1.06. The molecule has 66 valence electrons. The third-order valence-corrected chi connectivity index (χ3v) is 1.79. The molecule has 1 atom stereocenters. The first-order valence-electron chi connectivity index (χ1n) is 3.88. The Kier molecular flexibility index (Phi) is 3.08. The summed E-state index contributed by atoms with van der Waals surface area (Å²) >= 11 is 0. The number of hydrogen-bond donors (Lipinski definition) is 2. The number of para-hydroxylation sites is 1. The van der Waals surface area contributed by atoms with E-state index in [4.69, 9.17) is 16.2 Å². The minimum absolute atomic E-state index is 0.138. The molecule has 0 spiro atoms. The molecule has 0 aliphatic rings. The van der Waals surface area contributed by atoms with Gasteiger partial charge in [-0.05, 0) is 6.07 Å². The molecular weight excluding hydrogens is 152 g/mol. The zero-order valence-electron chi connectivity index (χ0n) is 7.16. The van der Waals surface area contributed by atoms with Crippen LogP contribution in [0.4, 0.5) is 0 Å². The fourth-order valence-electron chi connectivity index (χ4n) is 1.10. The molecule has 1 aromatic rings. The van der Waals surface area contributed by atoms with Crippen LogP contribution in [0.2, 0.25) is 0 Å². The fourth-order valence-corrected chi connectivity index (χ4v) is 1.10. The summed E-state index contributed by atoms with van der Waals surface area (Å²) < 4.78 is 5.13. The maximum Gasteiger partial charge on any atom is 0.123 e. The van der Waals surface area contributed by atoms with E-state index in [1.54, 1.807) is 7.11 Å². The highest BCUT2D eigenvalue weighted by Gasteiger charge is 2.08. The highest BCUT2D eigenvalue weighted by molar-refractivity contribution is 5.35. The van der Waals surface area contributed by atoms with Crippen LogP contribution in [0.25, 0.3) is 0 Å². The van der Waals surface area contributed by atoms with Crippen molar-refractivity contribution in [2.45, 2.75) is 6.04 Å². The minimum atomic E-state index is -0.138. The highest BCUT2D eigenvalue weighted by atomic mass is 16.5. The van der Waals surface area contributed by atoms with Gasteiger partial charge in [-0.3, -0.25) is 0 Å². The molecule has 12 heavy (non-hydrogen) atoms. The van der Waals surface area contributed by atoms with Gasteiger partial charge in [-0.15, -0.1) is 0 Å². The lowest BCUT2D eigenvalue weighted by atomic mass is 10.1. The largest absolute Gasteiger partial charge is 0.496 e. The summed E-state index contributed by atoms with van der Waals surface area (Å²) in [5.74, 6) is 0.801. The van der Waals surface area contributed by atoms with Gasteiger partial charge in [0.25, 0.3) is 0 Å². The molecule has 0 amide bonds. The molecule has 0 aliphatic heterocycles. The molecule has 0 saturated carbocycles. The molecule has 0 bridgehead atoms. The van der Waals surface area contributed by atoms with Gasteiger partial charge in [0.05, 0.1) is 7.11 Å². The maximum atomic E-state index is 5.77. The predicted molar refractivity (Wildman–Crippen MR) is 49.0 cm³/mol. The molecule has 4 N–H and O–H groups in total. The first kappa shape index (κ1) is 9.03. The van der Waals surface area contributed by atoms with Gasteiger partial charge in [0.1, 0.15) is 5.75 Å². The summed E-state index contributed by atoms with van der Waals surface area (Å²) in [5, 5.41) is 0. The molecule has 0 unspecified atom stereocenters. The van der Waals surface area contributed by atoms with Crippen LogP contribution >= 0.6 is 0 Å². The first-order chi connectivity index (χ1) is 5.79. The lowest BCUT2D eigenvalue weighted by molar-refractivity contribution is 0.406. The molecule has 0 fully saturated rings. The quantitative estimate of drug-likeness (QED) is 0.693. The van der Waals surface area contributed by atoms with Crippen LogP contribution in [-0.4, -0.2) is 13.7 Å². The number of rotatable bonds is 3. The van der Waals surface area contributed by atoms with E-state index in [-0.39, 0.29) is 6.04 Å². The van der Waals surface area contributed by atoms with E-state index in [1.165, 1.54) is 0 Å².